The van der Waals surface area contributed by atoms with Crippen LogP contribution in [0.15, 0.2) is 65.8 Å². The van der Waals surface area contributed by atoms with Crippen LogP contribution >= 0.6 is 24.0 Å². The van der Waals surface area contributed by atoms with Crippen LogP contribution < -0.4 is 10.6 Å². The quantitative estimate of drug-likeness (QED) is 0.161. The Kier molecular flexibility index (Phi) is 9.60. The molecule has 0 bridgehead atoms. The molecule has 6 nitrogen and oxygen atoms in total. The van der Waals surface area contributed by atoms with Gasteiger partial charge in [-0.2, -0.15) is 0 Å². The summed E-state index contributed by atoms with van der Waals surface area (Å²) in [7, 11) is 1.79. The fraction of sp³-hybridized carbons (Fsp3) is 0.385. The van der Waals surface area contributed by atoms with E-state index in [1.807, 2.05) is 23.1 Å². The Balaban J connectivity index is 0.00000306. The van der Waals surface area contributed by atoms with E-state index in [9.17, 15) is 4.79 Å². The third kappa shape index (κ3) is 6.96. The summed E-state index contributed by atoms with van der Waals surface area (Å²) < 4.78 is 0. The number of guanidine groups is 1. The molecular weight excluding hydrogens is 525 g/mol. The Morgan fingerprint density at radius 1 is 1.09 bits per heavy atom. The lowest BCUT2D eigenvalue weighted by molar-refractivity contribution is -0.127. The summed E-state index contributed by atoms with van der Waals surface area (Å²) >= 11 is 0. The number of nitrogens with one attached hydrogen (secondary N) is 3. The molecule has 33 heavy (non-hydrogen) atoms. The van der Waals surface area contributed by atoms with Crippen LogP contribution in [0.5, 0.6) is 0 Å². The van der Waals surface area contributed by atoms with Crippen LogP contribution in [0.25, 0.3) is 10.9 Å². The molecule has 1 aromatic heterocycles. The van der Waals surface area contributed by atoms with Gasteiger partial charge in [0.2, 0.25) is 5.91 Å². The van der Waals surface area contributed by atoms with Crippen molar-refractivity contribution in [2.24, 2.45) is 10.9 Å². The second-order valence-corrected chi connectivity index (χ2v) is 8.49. The molecule has 3 N–H and O–H groups in total. The Labute approximate surface area is 213 Å². The first-order valence-electron chi connectivity index (χ1n) is 11.5. The molecule has 1 aliphatic rings. The number of halogens is 1. The van der Waals surface area contributed by atoms with Crippen molar-refractivity contribution in [1.29, 1.82) is 0 Å². The number of H-pyrrole nitrogens is 1. The van der Waals surface area contributed by atoms with Gasteiger partial charge in [0.25, 0.3) is 0 Å². The molecule has 2 aromatic carbocycles. The number of hydrogen-bond donors (Lipinski definition) is 3. The number of likely N-dealkylation sites (tertiary alicyclic amines) is 1. The predicted octanol–water partition coefficient (Wildman–Crippen LogP) is 3.97. The number of aryl methyl sites for hydroxylation is 1. The Hall–Kier alpha value is -2.55. The monoisotopic (exact) mass is 559 g/mol. The first kappa shape index (κ1) is 25.1. The number of fused-ring (bicyclic) bond motifs is 1. The number of nitrogens with zero attached hydrogens (tertiary/aromatic N) is 2. The van der Waals surface area contributed by atoms with E-state index < -0.39 is 0 Å². The summed E-state index contributed by atoms with van der Waals surface area (Å²) in [6.07, 6.45) is 5.67. The maximum absolute atomic E-state index is 12.4. The number of rotatable bonds is 9. The molecule has 176 valence electrons. The Bertz CT molecular complexity index is 1050. The number of hydrogen-bond acceptors (Lipinski definition) is 2. The highest BCUT2D eigenvalue weighted by Crippen LogP contribution is 2.19. The number of aromatic nitrogens is 1. The third-order valence-corrected chi connectivity index (χ3v) is 6.18. The van der Waals surface area contributed by atoms with Gasteiger partial charge in [-0.1, -0.05) is 48.5 Å². The number of benzene rings is 2. The van der Waals surface area contributed by atoms with Gasteiger partial charge >= 0.3 is 0 Å². The van der Waals surface area contributed by atoms with Gasteiger partial charge in [-0.3, -0.25) is 9.79 Å². The maximum atomic E-state index is 12.4. The molecule has 0 spiro atoms. The van der Waals surface area contributed by atoms with E-state index >= 15 is 0 Å². The van der Waals surface area contributed by atoms with E-state index in [-0.39, 0.29) is 29.9 Å². The van der Waals surface area contributed by atoms with Crippen molar-refractivity contribution >= 4 is 46.7 Å². The minimum Gasteiger partial charge on any atom is -0.361 e. The van der Waals surface area contributed by atoms with Gasteiger partial charge in [0, 0.05) is 62.7 Å². The molecule has 0 saturated carbocycles. The van der Waals surface area contributed by atoms with E-state index in [0.29, 0.717) is 12.3 Å². The highest BCUT2D eigenvalue weighted by Gasteiger charge is 2.29. The van der Waals surface area contributed by atoms with Gasteiger partial charge in [-0.25, -0.2) is 0 Å². The molecule has 1 aliphatic heterocycles. The molecule has 1 unspecified atom stereocenters. The van der Waals surface area contributed by atoms with Crippen molar-refractivity contribution in [3.05, 3.63) is 71.9 Å². The van der Waals surface area contributed by atoms with Crippen LogP contribution in [0.1, 0.15) is 24.0 Å². The van der Waals surface area contributed by atoms with Crippen molar-refractivity contribution < 1.29 is 4.79 Å². The second-order valence-electron chi connectivity index (χ2n) is 8.49. The maximum Gasteiger partial charge on any atom is 0.223 e. The van der Waals surface area contributed by atoms with E-state index in [0.717, 1.165) is 51.4 Å². The lowest BCUT2D eigenvalue weighted by Crippen LogP contribution is -2.40. The second kappa shape index (κ2) is 12.6. The molecule has 3 aromatic rings. The molecule has 4 rings (SSSR count). The third-order valence-electron chi connectivity index (χ3n) is 6.18. The van der Waals surface area contributed by atoms with Gasteiger partial charge in [0.05, 0.1) is 0 Å². The van der Waals surface area contributed by atoms with Crippen molar-refractivity contribution in [3.63, 3.8) is 0 Å². The molecule has 7 heteroatoms. The molecular formula is C26H34IN5O. The minimum absolute atomic E-state index is 0. The topological polar surface area (TPSA) is 72.5 Å². The van der Waals surface area contributed by atoms with Gasteiger partial charge in [0.1, 0.15) is 0 Å². The Morgan fingerprint density at radius 3 is 2.70 bits per heavy atom. The smallest absolute Gasteiger partial charge is 0.223 e. The summed E-state index contributed by atoms with van der Waals surface area (Å²) in [4.78, 5) is 22.1. The van der Waals surface area contributed by atoms with E-state index in [2.05, 4.69) is 63.2 Å². The van der Waals surface area contributed by atoms with E-state index in [1.165, 1.54) is 22.0 Å². The zero-order valence-electron chi connectivity index (χ0n) is 19.2. The van der Waals surface area contributed by atoms with Crippen LogP contribution in [0.2, 0.25) is 0 Å². The summed E-state index contributed by atoms with van der Waals surface area (Å²) in [5.74, 6) is 1.39. The highest BCUT2D eigenvalue weighted by atomic mass is 127. The van der Waals surface area contributed by atoms with Crippen LogP contribution in [0, 0.1) is 5.92 Å². The lowest BCUT2D eigenvalue weighted by atomic mass is 10.1. The van der Waals surface area contributed by atoms with Gasteiger partial charge in [-0.15, -0.1) is 24.0 Å². The summed E-state index contributed by atoms with van der Waals surface area (Å²) in [6.45, 7) is 3.22. The summed E-state index contributed by atoms with van der Waals surface area (Å²) in [5, 5.41) is 8.11. The molecule has 2 heterocycles. The average Bonchev–Trinajstić information content (AvgIpc) is 3.40. The van der Waals surface area contributed by atoms with E-state index in [4.69, 9.17) is 0 Å². The number of amides is 1. The number of aromatic amines is 1. The normalized spacial score (nSPS) is 16.2. The van der Waals surface area contributed by atoms with Crippen LogP contribution in [0.3, 0.4) is 0 Å². The van der Waals surface area contributed by atoms with Crippen LogP contribution in [0.4, 0.5) is 0 Å². The first-order chi connectivity index (χ1) is 15.7. The number of aliphatic imine (C=N–C) groups is 1. The SMILES string of the molecule is CN=C(NCCCc1c[nH]c2ccccc12)NCC1CC(=O)N(CCc2ccccc2)C1.I. The van der Waals surface area contributed by atoms with Crippen molar-refractivity contribution in [2.45, 2.75) is 25.7 Å². The number of carbonyl (C=O) groups is 1. The van der Waals surface area contributed by atoms with Crippen LogP contribution in [-0.4, -0.2) is 55.0 Å². The molecule has 1 amide bonds. The number of para-hydroxylation sites is 1. The average molecular weight is 559 g/mol. The summed E-state index contributed by atoms with van der Waals surface area (Å²) in [5.41, 5.74) is 3.82. The van der Waals surface area contributed by atoms with Crippen molar-refractivity contribution in [1.82, 2.24) is 20.5 Å². The minimum atomic E-state index is 0. The van der Waals surface area contributed by atoms with Crippen LogP contribution in [-0.2, 0) is 17.6 Å². The molecule has 1 saturated heterocycles. The lowest BCUT2D eigenvalue weighted by Gasteiger charge is -2.18. The zero-order valence-corrected chi connectivity index (χ0v) is 21.5. The predicted molar refractivity (Wildman–Crippen MR) is 146 cm³/mol. The largest absolute Gasteiger partial charge is 0.361 e. The van der Waals surface area contributed by atoms with Gasteiger partial charge in [0.15, 0.2) is 5.96 Å². The van der Waals surface area contributed by atoms with Gasteiger partial charge < -0.3 is 20.5 Å². The molecule has 0 aliphatic carbocycles. The standard InChI is InChI=1S/C26H33N5O.HI/c1-27-26(28-14-7-10-22-18-29-24-12-6-5-11-23(22)24)30-17-21-16-25(32)31(19-21)15-13-20-8-3-2-4-9-20;/h2-6,8-9,11-12,18,21,29H,7,10,13-17,19H2,1H3,(H2,27,28,30);1H. The molecule has 1 fully saturated rings. The van der Waals surface area contributed by atoms with Crippen molar-refractivity contribution in [3.8, 4) is 0 Å². The zero-order chi connectivity index (χ0) is 22.2. The summed E-state index contributed by atoms with van der Waals surface area (Å²) in [6, 6.07) is 18.8. The highest BCUT2D eigenvalue weighted by molar-refractivity contribution is 14.0. The molecule has 0 radical (unpaired) electrons. The fourth-order valence-electron chi connectivity index (χ4n) is 4.40. The van der Waals surface area contributed by atoms with E-state index in [1.54, 1.807) is 7.05 Å². The molecule has 1 atom stereocenters. The number of carbonyl (C=O) groups excluding carboxylic acids is 1. The van der Waals surface area contributed by atoms with Crippen molar-refractivity contribution in [2.75, 3.05) is 33.2 Å². The fourth-order valence-corrected chi connectivity index (χ4v) is 4.40. The van der Waals surface area contributed by atoms with Gasteiger partial charge in [-0.05, 0) is 36.5 Å². The first-order valence-corrected chi connectivity index (χ1v) is 11.5. The Morgan fingerprint density at radius 2 is 1.88 bits per heavy atom.